The van der Waals surface area contributed by atoms with Gasteiger partial charge in [0.05, 0.1) is 5.69 Å². The van der Waals surface area contributed by atoms with Gasteiger partial charge in [0.1, 0.15) is 5.84 Å². The van der Waals surface area contributed by atoms with Gasteiger partial charge in [-0.3, -0.25) is 4.99 Å². The van der Waals surface area contributed by atoms with E-state index in [-0.39, 0.29) is 0 Å². The zero-order valence-corrected chi connectivity index (χ0v) is 11.1. The van der Waals surface area contributed by atoms with Crippen molar-refractivity contribution in [3.8, 4) is 0 Å². The maximum absolute atomic E-state index is 4.28. The predicted molar refractivity (Wildman–Crippen MR) is 76.7 cm³/mol. The summed E-state index contributed by atoms with van der Waals surface area (Å²) in [6.45, 7) is 0. The van der Waals surface area contributed by atoms with Crippen LogP contribution in [0.5, 0.6) is 0 Å². The number of para-hydroxylation sites is 1. The molecule has 17 heavy (non-hydrogen) atoms. The summed E-state index contributed by atoms with van der Waals surface area (Å²) in [6, 6.07) is 18.1. The summed E-state index contributed by atoms with van der Waals surface area (Å²) in [6.07, 6.45) is 0. The highest BCUT2D eigenvalue weighted by Gasteiger charge is 2.04. The number of hydrogen-bond acceptors (Lipinski definition) is 1. The summed E-state index contributed by atoms with van der Waals surface area (Å²) in [7, 11) is 1.78. The summed E-state index contributed by atoms with van der Waals surface area (Å²) in [5, 5.41) is 3.32. The number of aliphatic imine (C=N–C) groups is 1. The lowest BCUT2D eigenvalue weighted by Gasteiger charge is -2.10. The molecule has 0 atom stereocenters. The van der Waals surface area contributed by atoms with Crippen LogP contribution in [0.1, 0.15) is 5.56 Å². The summed E-state index contributed by atoms with van der Waals surface area (Å²) in [5.74, 6) is 0.859. The average Bonchev–Trinajstić information content (AvgIpc) is 2.39. The Morgan fingerprint density at radius 1 is 1.00 bits per heavy atom. The fraction of sp³-hybridized carbons (Fsp3) is 0.0714. The number of rotatable bonds is 2. The van der Waals surface area contributed by atoms with Gasteiger partial charge in [0.25, 0.3) is 0 Å². The van der Waals surface area contributed by atoms with Crippen molar-refractivity contribution in [2.24, 2.45) is 4.99 Å². The molecule has 86 valence electrons. The van der Waals surface area contributed by atoms with Crippen molar-refractivity contribution in [2.45, 2.75) is 0 Å². The van der Waals surface area contributed by atoms with E-state index in [0.717, 1.165) is 21.6 Å². The van der Waals surface area contributed by atoms with E-state index in [1.54, 1.807) is 7.05 Å². The molecule has 0 aliphatic carbocycles. The lowest BCUT2D eigenvalue weighted by Crippen LogP contribution is -2.13. The molecule has 2 nitrogen and oxygen atoms in total. The van der Waals surface area contributed by atoms with Crippen molar-refractivity contribution in [3.05, 3.63) is 64.6 Å². The Morgan fingerprint density at radius 3 is 2.29 bits per heavy atom. The third kappa shape index (κ3) is 2.94. The lowest BCUT2D eigenvalue weighted by atomic mass is 10.2. The predicted octanol–water partition coefficient (Wildman–Crippen LogP) is 3.94. The Labute approximate surface area is 110 Å². The van der Waals surface area contributed by atoms with E-state index in [1.807, 2.05) is 54.6 Å². The van der Waals surface area contributed by atoms with Crippen LogP contribution in [-0.4, -0.2) is 12.9 Å². The van der Waals surface area contributed by atoms with Crippen molar-refractivity contribution < 1.29 is 0 Å². The molecule has 0 aromatic heterocycles. The molecule has 0 saturated carbocycles. The number of amidine groups is 1. The van der Waals surface area contributed by atoms with Gasteiger partial charge in [0, 0.05) is 17.1 Å². The number of nitrogens with one attached hydrogen (secondary N) is 1. The van der Waals surface area contributed by atoms with E-state index in [0.29, 0.717) is 0 Å². The van der Waals surface area contributed by atoms with Crippen LogP contribution < -0.4 is 5.32 Å². The number of benzene rings is 2. The van der Waals surface area contributed by atoms with Crippen molar-refractivity contribution in [2.75, 3.05) is 12.4 Å². The van der Waals surface area contributed by atoms with Crippen LogP contribution in [0, 0.1) is 0 Å². The Bertz CT molecular complexity index is 521. The Balaban J connectivity index is 2.26. The summed E-state index contributed by atoms with van der Waals surface area (Å²) < 4.78 is 1.03. The summed E-state index contributed by atoms with van der Waals surface area (Å²) in [5.41, 5.74) is 2.09. The molecule has 3 heteroatoms. The molecule has 0 heterocycles. The fourth-order valence-electron chi connectivity index (χ4n) is 1.54. The summed E-state index contributed by atoms with van der Waals surface area (Å²) in [4.78, 5) is 4.28. The van der Waals surface area contributed by atoms with Crippen molar-refractivity contribution in [1.29, 1.82) is 0 Å². The van der Waals surface area contributed by atoms with Gasteiger partial charge in [-0.05, 0) is 28.1 Å². The Kier molecular flexibility index (Phi) is 3.94. The maximum Gasteiger partial charge on any atom is 0.132 e. The zero-order valence-electron chi connectivity index (χ0n) is 9.52. The smallest absolute Gasteiger partial charge is 0.132 e. The Hall–Kier alpha value is -1.61. The molecular formula is C14H13BrN2. The second-order valence-corrected chi connectivity index (χ2v) is 4.40. The molecule has 0 spiro atoms. The quantitative estimate of drug-likeness (QED) is 0.657. The van der Waals surface area contributed by atoms with E-state index in [1.165, 1.54) is 0 Å². The standard InChI is InChI=1S/C14H13BrN2/c1-16-14(11-7-3-2-4-8-11)17-13-10-6-5-9-12(13)15/h2-10H,1H3,(H,16,17). The topological polar surface area (TPSA) is 24.4 Å². The first kappa shape index (κ1) is 11.9. The van der Waals surface area contributed by atoms with Crippen molar-refractivity contribution in [1.82, 2.24) is 0 Å². The average molecular weight is 289 g/mol. The zero-order chi connectivity index (χ0) is 12.1. The first-order valence-electron chi connectivity index (χ1n) is 5.35. The monoisotopic (exact) mass is 288 g/mol. The van der Waals surface area contributed by atoms with Crippen LogP contribution in [0.3, 0.4) is 0 Å². The second kappa shape index (κ2) is 5.64. The van der Waals surface area contributed by atoms with Crippen molar-refractivity contribution in [3.63, 3.8) is 0 Å². The van der Waals surface area contributed by atoms with E-state index in [4.69, 9.17) is 0 Å². The van der Waals surface area contributed by atoms with E-state index in [2.05, 4.69) is 26.2 Å². The molecule has 0 fully saturated rings. The minimum absolute atomic E-state index is 0.859. The van der Waals surface area contributed by atoms with Crippen LogP contribution in [0.25, 0.3) is 0 Å². The molecule has 0 amide bonds. The van der Waals surface area contributed by atoms with Gasteiger partial charge in [0.2, 0.25) is 0 Å². The highest BCUT2D eigenvalue weighted by atomic mass is 79.9. The van der Waals surface area contributed by atoms with Gasteiger partial charge in [-0.2, -0.15) is 0 Å². The van der Waals surface area contributed by atoms with Gasteiger partial charge in [0.15, 0.2) is 0 Å². The van der Waals surface area contributed by atoms with E-state index in [9.17, 15) is 0 Å². The SMILES string of the molecule is CN=C(Nc1ccccc1Br)c1ccccc1. The molecule has 0 aliphatic rings. The lowest BCUT2D eigenvalue weighted by molar-refractivity contribution is 1.40. The molecule has 0 radical (unpaired) electrons. The van der Waals surface area contributed by atoms with Gasteiger partial charge in [-0.15, -0.1) is 0 Å². The summed E-state index contributed by atoms with van der Waals surface area (Å²) >= 11 is 3.51. The number of nitrogens with zero attached hydrogens (tertiary/aromatic N) is 1. The van der Waals surface area contributed by atoms with Crippen LogP contribution >= 0.6 is 15.9 Å². The molecule has 0 unspecified atom stereocenters. The van der Waals surface area contributed by atoms with Crippen LogP contribution in [0.15, 0.2) is 64.1 Å². The van der Waals surface area contributed by atoms with Crippen LogP contribution in [-0.2, 0) is 0 Å². The number of halogens is 1. The van der Waals surface area contributed by atoms with E-state index < -0.39 is 0 Å². The van der Waals surface area contributed by atoms with Gasteiger partial charge < -0.3 is 5.32 Å². The largest absolute Gasteiger partial charge is 0.339 e. The van der Waals surface area contributed by atoms with Gasteiger partial charge in [-0.25, -0.2) is 0 Å². The minimum atomic E-state index is 0.859. The number of anilines is 1. The Morgan fingerprint density at radius 2 is 1.65 bits per heavy atom. The van der Waals surface area contributed by atoms with Gasteiger partial charge >= 0.3 is 0 Å². The normalized spacial score (nSPS) is 11.3. The molecule has 0 saturated heterocycles. The first-order chi connectivity index (χ1) is 8.31. The van der Waals surface area contributed by atoms with Gasteiger partial charge in [-0.1, -0.05) is 42.5 Å². The first-order valence-corrected chi connectivity index (χ1v) is 6.14. The number of hydrogen-bond donors (Lipinski definition) is 1. The fourth-order valence-corrected chi connectivity index (χ4v) is 1.93. The van der Waals surface area contributed by atoms with E-state index >= 15 is 0 Å². The highest BCUT2D eigenvalue weighted by molar-refractivity contribution is 9.10. The third-order valence-electron chi connectivity index (χ3n) is 2.40. The maximum atomic E-state index is 4.28. The molecule has 2 aromatic carbocycles. The molecular weight excluding hydrogens is 276 g/mol. The molecule has 2 aromatic rings. The molecule has 2 rings (SSSR count). The molecule has 1 N–H and O–H groups in total. The highest BCUT2D eigenvalue weighted by Crippen LogP contribution is 2.21. The van der Waals surface area contributed by atoms with Crippen LogP contribution in [0.2, 0.25) is 0 Å². The minimum Gasteiger partial charge on any atom is -0.339 e. The van der Waals surface area contributed by atoms with Crippen LogP contribution in [0.4, 0.5) is 5.69 Å². The molecule has 0 aliphatic heterocycles. The van der Waals surface area contributed by atoms with Crippen molar-refractivity contribution >= 4 is 27.5 Å². The second-order valence-electron chi connectivity index (χ2n) is 3.54. The third-order valence-corrected chi connectivity index (χ3v) is 3.09. The molecule has 0 bridgehead atoms.